The molecule has 3 rings (SSSR count). The summed E-state index contributed by atoms with van der Waals surface area (Å²) in [4.78, 5) is 27.2. The van der Waals surface area contributed by atoms with Crippen LogP contribution in [0.5, 0.6) is 0 Å². The predicted molar refractivity (Wildman–Crippen MR) is 97.9 cm³/mol. The first-order valence-electron chi connectivity index (χ1n) is 8.63. The monoisotopic (exact) mass is 359 g/mol. The Morgan fingerprint density at radius 1 is 1.20 bits per heavy atom. The van der Waals surface area contributed by atoms with Crippen LogP contribution >= 0.6 is 11.6 Å². The van der Waals surface area contributed by atoms with Crippen molar-refractivity contribution in [1.82, 2.24) is 4.90 Å². The predicted octanol–water partition coefficient (Wildman–Crippen LogP) is 4.35. The number of benzene rings is 1. The molecule has 0 N–H and O–H groups in total. The first-order chi connectivity index (χ1) is 12.0. The highest BCUT2D eigenvalue weighted by atomic mass is 35.5. The molecule has 5 heteroatoms. The van der Waals surface area contributed by atoms with Crippen LogP contribution in [-0.4, -0.2) is 29.9 Å². The summed E-state index contributed by atoms with van der Waals surface area (Å²) in [5.41, 5.74) is 2.29. The van der Waals surface area contributed by atoms with Crippen molar-refractivity contribution in [3.05, 3.63) is 51.7 Å². The minimum atomic E-state index is -0.468. The van der Waals surface area contributed by atoms with Gasteiger partial charge in [0, 0.05) is 16.8 Å². The zero-order valence-electron chi connectivity index (χ0n) is 14.5. The van der Waals surface area contributed by atoms with Crippen LogP contribution in [0.15, 0.2) is 41.1 Å². The normalized spacial score (nSPS) is 20.5. The fourth-order valence-electron chi connectivity index (χ4n) is 3.70. The Labute approximate surface area is 153 Å². The standard InChI is InChI=1S/C20H22ClNO3/c1-13-18(20(24)25-2)17(12-14-8-10-15(21)11-9-14)19(23)22(13)16-6-4-3-5-7-16/h8-12,16H,3-7H2,1-2H3/b17-12-. The third-order valence-corrected chi connectivity index (χ3v) is 5.20. The Balaban J connectivity index is 2.02. The molecule has 1 aliphatic carbocycles. The maximum atomic E-state index is 13.1. The van der Waals surface area contributed by atoms with Gasteiger partial charge < -0.3 is 9.64 Å². The fraction of sp³-hybridized carbons (Fsp3) is 0.400. The number of esters is 1. The van der Waals surface area contributed by atoms with E-state index >= 15 is 0 Å². The molecule has 0 saturated heterocycles. The van der Waals surface area contributed by atoms with Gasteiger partial charge in [0.05, 0.1) is 18.3 Å². The van der Waals surface area contributed by atoms with Crippen LogP contribution in [0.3, 0.4) is 0 Å². The lowest BCUT2D eigenvalue weighted by molar-refractivity contribution is -0.136. The number of nitrogens with zero attached hydrogens (tertiary/aromatic N) is 1. The van der Waals surface area contributed by atoms with Crippen LogP contribution in [0.2, 0.25) is 5.02 Å². The second-order valence-electron chi connectivity index (χ2n) is 6.53. The third-order valence-electron chi connectivity index (χ3n) is 4.95. The molecule has 1 saturated carbocycles. The summed E-state index contributed by atoms with van der Waals surface area (Å²) in [6.07, 6.45) is 7.14. The van der Waals surface area contributed by atoms with Crippen molar-refractivity contribution < 1.29 is 14.3 Å². The van der Waals surface area contributed by atoms with Crippen molar-refractivity contribution in [2.45, 2.75) is 45.1 Å². The molecule has 25 heavy (non-hydrogen) atoms. The van der Waals surface area contributed by atoms with E-state index in [0.29, 0.717) is 21.9 Å². The van der Waals surface area contributed by atoms with E-state index < -0.39 is 5.97 Å². The van der Waals surface area contributed by atoms with Crippen LogP contribution < -0.4 is 0 Å². The maximum absolute atomic E-state index is 13.1. The number of methoxy groups -OCH3 is 1. The number of allylic oxidation sites excluding steroid dienone is 1. The molecule has 1 heterocycles. The first-order valence-corrected chi connectivity index (χ1v) is 9.01. The summed E-state index contributed by atoms with van der Waals surface area (Å²) in [6, 6.07) is 7.35. The zero-order chi connectivity index (χ0) is 18.0. The maximum Gasteiger partial charge on any atom is 0.340 e. The Bertz CT molecular complexity index is 743. The second kappa shape index (κ2) is 7.44. The number of carbonyl (C=O) groups is 2. The lowest BCUT2D eigenvalue weighted by Gasteiger charge is -2.32. The molecule has 1 amide bonds. The Kier molecular flexibility index (Phi) is 5.28. The molecule has 0 bridgehead atoms. The van der Waals surface area contributed by atoms with Crippen molar-refractivity contribution in [2.24, 2.45) is 0 Å². The number of amides is 1. The summed E-state index contributed by atoms with van der Waals surface area (Å²) in [7, 11) is 1.34. The molecule has 0 atom stereocenters. The quantitative estimate of drug-likeness (QED) is 0.595. The second-order valence-corrected chi connectivity index (χ2v) is 6.96. The van der Waals surface area contributed by atoms with Gasteiger partial charge in [0.15, 0.2) is 0 Å². The molecule has 4 nitrogen and oxygen atoms in total. The van der Waals surface area contributed by atoms with Gasteiger partial charge in [-0.3, -0.25) is 4.79 Å². The molecule has 1 aromatic rings. The fourth-order valence-corrected chi connectivity index (χ4v) is 3.83. The summed E-state index contributed by atoms with van der Waals surface area (Å²) in [6.45, 7) is 1.83. The molecular formula is C20H22ClNO3. The molecule has 0 spiro atoms. The highest BCUT2D eigenvalue weighted by Crippen LogP contribution is 2.36. The minimum Gasteiger partial charge on any atom is -0.465 e. The van der Waals surface area contributed by atoms with E-state index in [1.807, 2.05) is 19.1 Å². The van der Waals surface area contributed by atoms with Crippen molar-refractivity contribution in [3.8, 4) is 0 Å². The average Bonchev–Trinajstić information content (AvgIpc) is 2.87. The van der Waals surface area contributed by atoms with Crippen molar-refractivity contribution in [1.29, 1.82) is 0 Å². The molecular weight excluding hydrogens is 338 g/mol. The highest BCUT2D eigenvalue weighted by Gasteiger charge is 2.40. The molecule has 1 fully saturated rings. The Hall–Kier alpha value is -2.07. The topological polar surface area (TPSA) is 46.6 Å². The molecule has 0 aromatic heterocycles. The number of halogens is 1. The lowest BCUT2D eigenvalue weighted by Crippen LogP contribution is -2.37. The number of hydrogen-bond acceptors (Lipinski definition) is 3. The van der Waals surface area contributed by atoms with Gasteiger partial charge in [-0.1, -0.05) is 43.0 Å². The van der Waals surface area contributed by atoms with E-state index in [1.54, 1.807) is 23.1 Å². The highest BCUT2D eigenvalue weighted by molar-refractivity contribution is 6.30. The summed E-state index contributed by atoms with van der Waals surface area (Å²) < 4.78 is 4.94. The van der Waals surface area contributed by atoms with Gasteiger partial charge in [-0.2, -0.15) is 0 Å². The van der Waals surface area contributed by atoms with Crippen LogP contribution in [0, 0.1) is 0 Å². The van der Waals surface area contributed by atoms with Crippen LogP contribution in [0.1, 0.15) is 44.6 Å². The van der Waals surface area contributed by atoms with Crippen LogP contribution in [0.4, 0.5) is 0 Å². The molecule has 0 radical (unpaired) electrons. The van der Waals surface area contributed by atoms with E-state index in [2.05, 4.69) is 0 Å². The minimum absolute atomic E-state index is 0.111. The number of ether oxygens (including phenoxy) is 1. The molecule has 1 aromatic carbocycles. The number of hydrogen-bond donors (Lipinski definition) is 0. The van der Waals surface area contributed by atoms with Crippen LogP contribution in [-0.2, 0) is 14.3 Å². The van der Waals surface area contributed by atoms with E-state index in [9.17, 15) is 9.59 Å². The van der Waals surface area contributed by atoms with Gasteiger partial charge in [-0.05, 0) is 43.5 Å². The molecule has 2 aliphatic rings. The van der Waals surface area contributed by atoms with Crippen LogP contribution in [0.25, 0.3) is 6.08 Å². The third kappa shape index (κ3) is 3.49. The van der Waals surface area contributed by atoms with Crippen molar-refractivity contribution >= 4 is 29.6 Å². The van der Waals surface area contributed by atoms with Gasteiger partial charge in [0.2, 0.25) is 0 Å². The smallest absolute Gasteiger partial charge is 0.340 e. The zero-order valence-corrected chi connectivity index (χ0v) is 15.3. The first kappa shape index (κ1) is 17.7. The summed E-state index contributed by atoms with van der Waals surface area (Å²) in [5.74, 6) is -0.580. The lowest BCUT2D eigenvalue weighted by atomic mass is 9.94. The van der Waals surface area contributed by atoms with Gasteiger partial charge >= 0.3 is 5.97 Å². The molecule has 1 aliphatic heterocycles. The molecule has 0 unspecified atom stereocenters. The van der Waals surface area contributed by atoms with E-state index in [4.69, 9.17) is 16.3 Å². The van der Waals surface area contributed by atoms with Gasteiger partial charge in [-0.15, -0.1) is 0 Å². The largest absolute Gasteiger partial charge is 0.465 e. The SMILES string of the molecule is COC(=O)C1=C(C)N(C2CCCCC2)C(=O)/C1=C\c1ccc(Cl)cc1. The van der Waals surface area contributed by atoms with Crippen molar-refractivity contribution in [2.75, 3.05) is 7.11 Å². The van der Waals surface area contributed by atoms with Gasteiger partial charge in [0.25, 0.3) is 5.91 Å². The van der Waals surface area contributed by atoms with Crippen molar-refractivity contribution in [3.63, 3.8) is 0 Å². The molecule has 132 valence electrons. The van der Waals surface area contributed by atoms with Gasteiger partial charge in [0.1, 0.15) is 0 Å². The van der Waals surface area contributed by atoms with E-state index in [-0.39, 0.29) is 11.9 Å². The summed E-state index contributed by atoms with van der Waals surface area (Å²) >= 11 is 5.93. The Morgan fingerprint density at radius 2 is 1.84 bits per heavy atom. The number of rotatable bonds is 3. The average molecular weight is 360 g/mol. The Morgan fingerprint density at radius 3 is 2.44 bits per heavy atom. The van der Waals surface area contributed by atoms with E-state index in [0.717, 1.165) is 31.2 Å². The summed E-state index contributed by atoms with van der Waals surface area (Å²) in [5, 5.41) is 0.628. The number of carbonyl (C=O) groups excluding carboxylic acids is 2. The van der Waals surface area contributed by atoms with E-state index in [1.165, 1.54) is 13.5 Å². The van der Waals surface area contributed by atoms with Gasteiger partial charge in [-0.25, -0.2) is 4.79 Å².